The third-order valence-corrected chi connectivity index (χ3v) is 1.45. The zero-order valence-corrected chi connectivity index (χ0v) is 13.7. The molecular formula is C9H16BrN2NaO3. The maximum Gasteiger partial charge on any atom is 1.00 e. The van der Waals surface area contributed by atoms with Crippen LogP contribution >= 0.6 is 0 Å². The minimum absolute atomic E-state index is 0. The number of hydrogen-bond acceptors (Lipinski definition) is 3. The van der Waals surface area contributed by atoms with Crippen molar-refractivity contribution in [3.8, 4) is 0 Å². The van der Waals surface area contributed by atoms with E-state index in [2.05, 4.69) is 5.32 Å². The van der Waals surface area contributed by atoms with E-state index in [1.54, 1.807) is 0 Å². The summed E-state index contributed by atoms with van der Waals surface area (Å²) in [5.41, 5.74) is 0. The normalized spacial score (nSPS) is 10.2. The maximum absolute atomic E-state index is 10.9. The van der Waals surface area contributed by atoms with E-state index in [0.29, 0.717) is 12.6 Å². The standard InChI is InChI=1S/C9H16N2O3.BrH.Na/c1-11(2,3)7-6-10-8(12)4-5-9(13)14;;/h4-5H,6-7H2,1-3H3,(H-,10,12,13,14);1H;/q;;+1/p-1/b5-4-;;. The van der Waals surface area contributed by atoms with Crippen LogP contribution in [0.4, 0.5) is 0 Å². The van der Waals surface area contributed by atoms with E-state index in [-0.39, 0.29) is 46.5 Å². The van der Waals surface area contributed by atoms with E-state index >= 15 is 0 Å². The second kappa shape index (κ2) is 10.3. The molecule has 0 atom stereocenters. The Morgan fingerprint density at radius 3 is 2.12 bits per heavy atom. The number of halogens is 1. The van der Waals surface area contributed by atoms with Gasteiger partial charge < -0.3 is 36.7 Å². The number of carbonyl (C=O) groups excluding carboxylic acids is 2. The Hall–Kier alpha value is 0.120. The summed E-state index contributed by atoms with van der Waals surface area (Å²) in [7, 11) is 6.01. The number of nitrogens with one attached hydrogen (secondary N) is 1. The molecule has 7 heteroatoms. The minimum Gasteiger partial charge on any atom is -1.00 e. The number of amides is 1. The van der Waals surface area contributed by atoms with Gasteiger partial charge in [-0.25, -0.2) is 0 Å². The first kappa shape index (κ1) is 21.4. The molecule has 0 aromatic heterocycles. The molecule has 0 aliphatic carbocycles. The number of nitrogens with zero attached hydrogens (tertiary/aromatic N) is 1. The molecule has 0 heterocycles. The predicted octanol–water partition coefficient (Wildman–Crippen LogP) is -7.88. The molecular weight excluding hydrogens is 287 g/mol. The van der Waals surface area contributed by atoms with Gasteiger partial charge >= 0.3 is 29.6 Å². The Morgan fingerprint density at radius 2 is 1.75 bits per heavy atom. The van der Waals surface area contributed by atoms with Crippen molar-refractivity contribution < 1.29 is 65.7 Å². The summed E-state index contributed by atoms with van der Waals surface area (Å²) < 4.78 is 0.741. The van der Waals surface area contributed by atoms with Crippen LogP contribution in [0.25, 0.3) is 0 Å². The predicted molar refractivity (Wildman–Crippen MR) is 50.1 cm³/mol. The molecule has 0 radical (unpaired) electrons. The number of hydrogen-bond donors (Lipinski definition) is 1. The van der Waals surface area contributed by atoms with Crippen molar-refractivity contribution >= 4 is 11.9 Å². The Bertz CT molecular complexity index is 252. The summed E-state index contributed by atoms with van der Waals surface area (Å²) >= 11 is 0. The van der Waals surface area contributed by atoms with Gasteiger partial charge in [-0.05, 0) is 6.08 Å². The second-order valence-corrected chi connectivity index (χ2v) is 3.96. The summed E-state index contributed by atoms with van der Waals surface area (Å²) in [5, 5.41) is 12.5. The first-order valence-electron chi connectivity index (χ1n) is 4.28. The Kier molecular flexibility index (Phi) is 13.8. The summed E-state index contributed by atoms with van der Waals surface area (Å²) in [5.74, 6) is -1.78. The van der Waals surface area contributed by atoms with Gasteiger partial charge in [0.25, 0.3) is 0 Å². The van der Waals surface area contributed by atoms with Crippen LogP contribution in [0.5, 0.6) is 0 Å². The average Bonchev–Trinajstić information content (AvgIpc) is 1.98. The van der Waals surface area contributed by atoms with Crippen molar-refractivity contribution in [2.75, 3.05) is 34.2 Å². The molecule has 0 aliphatic rings. The summed E-state index contributed by atoms with van der Waals surface area (Å²) in [6.45, 7) is 1.30. The number of quaternary nitrogens is 1. The Labute approximate surface area is 129 Å². The molecule has 1 amide bonds. The van der Waals surface area contributed by atoms with E-state index in [0.717, 1.165) is 17.1 Å². The number of rotatable bonds is 5. The minimum atomic E-state index is -1.37. The van der Waals surface area contributed by atoms with Crippen LogP contribution in [-0.4, -0.2) is 50.6 Å². The molecule has 0 aromatic carbocycles. The number of likely N-dealkylation sites (N-methyl/N-ethyl adjacent to an activating group) is 1. The van der Waals surface area contributed by atoms with Gasteiger partial charge in [-0.3, -0.25) is 4.79 Å². The fraction of sp³-hybridized carbons (Fsp3) is 0.556. The third kappa shape index (κ3) is 16.5. The average molecular weight is 303 g/mol. The van der Waals surface area contributed by atoms with E-state index in [9.17, 15) is 14.7 Å². The Balaban J connectivity index is -0.000000845. The van der Waals surface area contributed by atoms with E-state index in [1.807, 2.05) is 21.1 Å². The molecule has 0 saturated heterocycles. The van der Waals surface area contributed by atoms with Gasteiger partial charge in [0.05, 0.1) is 40.2 Å². The van der Waals surface area contributed by atoms with Crippen LogP contribution in [0.3, 0.4) is 0 Å². The number of carboxylic acid groups (broad SMARTS) is 1. The summed E-state index contributed by atoms with van der Waals surface area (Å²) in [6.07, 6.45) is 1.66. The van der Waals surface area contributed by atoms with Crippen molar-refractivity contribution in [1.82, 2.24) is 5.32 Å². The molecule has 1 N–H and O–H groups in total. The van der Waals surface area contributed by atoms with Crippen LogP contribution in [0.15, 0.2) is 12.2 Å². The molecule has 0 saturated carbocycles. The van der Waals surface area contributed by atoms with E-state index in [4.69, 9.17) is 0 Å². The van der Waals surface area contributed by atoms with Crippen molar-refractivity contribution in [3.05, 3.63) is 12.2 Å². The van der Waals surface area contributed by atoms with Crippen LogP contribution in [0.1, 0.15) is 0 Å². The summed E-state index contributed by atoms with van der Waals surface area (Å²) in [4.78, 5) is 20.9. The zero-order valence-electron chi connectivity index (χ0n) is 10.1. The van der Waals surface area contributed by atoms with Gasteiger partial charge in [-0.2, -0.15) is 0 Å². The van der Waals surface area contributed by atoms with Crippen LogP contribution < -0.4 is 57.0 Å². The van der Waals surface area contributed by atoms with Gasteiger partial charge in [-0.15, -0.1) is 0 Å². The van der Waals surface area contributed by atoms with Crippen molar-refractivity contribution in [3.63, 3.8) is 0 Å². The van der Waals surface area contributed by atoms with Gasteiger partial charge in [0.1, 0.15) is 0 Å². The van der Waals surface area contributed by atoms with E-state index in [1.165, 1.54) is 0 Å². The molecule has 5 nitrogen and oxygen atoms in total. The summed E-state index contributed by atoms with van der Waals surface area (Å²) in [6, 6.07) is 0. The van der Waals surface area contributed by atoms with Gasteiger partial charge in [0, 0.05) is 6.08 Å². The monoisotopic (exact) mass is 302 g/mol. The Morgan fingerprint density at radius 1 is 1.25 bits per heavy atom. The van der Waals surface area contributed by atoms with Crippen LogP contribution in [0.2, 0.25) is 0 Å². The van der Waals surface area contributed by atoms with Crippen LogP contribution in [-0.2, 0) is 9.59 Å². The number of aliphatic carboxylic acids is 1. The fourth-order valence-corrected chi connectivity index (χ4v) is 0.717. The topological polar surface area (TPSA) is 69.2 Å². The molecule has 0 unspecified atom stereocenters. The van der Waals surface area contributed by atoms with E-state index < -0.39 is 11.9 Å². The van der Waals surface area contributed by atoms with Crippen molar-refractivity contribution in [1.29, 1.82) is 0 Å². The quantitative estimate of drug-likeness (QED) is 0.312. The largest absolute Gasteiger partial charge is 1.00 e. The van der Waals surface area contributed by atoms with Gasteiger partial charge in [0.15, 0.2) is 0 Å². The van der Waals surface area contributed by atoms with Gasteiger partial charge in [0.2, 0.25) is 5.91 Å². The van der Waals surface area contributed by atoms with Crippen LogP contribution in [0, 0.1) is 0 Å². The molecule has 16 heavy (non-hydrogen) atoms. The SMILES string of the molecule is C[N+](C)(C)CCNC(=O)/C=C\C(=O)[O-].[Br-].[Na+]. The number of carbonyl (C=O) groups is 2. The molecule has 0 aromatic rings. The molecule has 88 valence electrons. The maximum atomic E-state index is 10.9. The third-order valence-electron chi connectivity index (χ3n) is 1.45. The second-order valence-electron chi connectivity index (χ2n) is 3.96. The fourth-order valence-electron chi connectivity index (χ4n) is 0.717. The molecule has 0 fully saturated rings. The number of carboxylic acids is 1. The van der Waals surface area contributed by atoms with Crippen molar-refractivity contribution in [2.45, 2.75) is 0 Å². The molecule has 0 bridgehead atoms. The molecule has 0 rings (SSSR count). The smallest absolute Gasteiger partial charge is 1.00 e. The first-order chi connectivity index (χ1) is 6.31. The first-order valence-corrected chi connectivity index (χ1v) is 4.28. The van der Waals surface area contributed by atoms with Gasteiger partial charge in [-0.1, -0.05) is 0 Å². The molecule has 0 aliphatic heterocycles. The molecule has 0 spiro atoms. The van der Waals surface area contributed by atoms with Crippen molar-refractivity contribution in [2.24, 2.45) is 0 Å². The zero-order chi connectivity index (χ0) is 11.2.